The highest BCUT2D eigenvalue weighted by Gasteiger charge is 2.34. The van der Waals surface area contributed by atoms with Crippen molar-refractivity contribution in [1.82, 2.24) is 25.7 Å². The van der Waals surface area contributed by atoms with Crippen LogP contribution in [0.15, 0.2) is 48.3 Å². The lowest BCUT2D eigenvalue weighted by Crippen LogP contribution is -2.42. The zero-order valence-corrected chi connectivity index (χ0v) is 16.1. The smallest absolute Gasteiger partial charge is 0.233 e. The second-order valence-corrected chi connectivity index (χ2v) is 7.57. The van der Waals surface area contributed by atoms with Gasteiger partial charge in [0, 0.05) is 42.0 Å². The quantitative estimate of drug-likeness (QED) is 0.497. The first-order valence-electron chi connectivity index (χ1n) is 9.86. The fourth-order valence-electron chi connectivity index (χ4n) is 4.47. The average Bonchev–Trinajstić information content (AvgIpc) is 3.36. The van der Waals surface area contributed by atoms with Gasteiger partial charge in [-0.2, -0.15) is 10.2 Å². The molecule has 2 aromatic heterocycles. The van der Waals surface area contributed by atoms with E-state index in [-0.39, 0.29) is 6.10 Å². The molecule has 0 amide bonds. The monoisotopic (exact) mass is 389 g/mol. The van der Waals surface area contributed by atoms with Crippen molar-refractivity contribution in [3.05, 3.63) is 43.2 Å². The number of piperidine rings is 1. The number of aromatic nitrogens is 4. The van der Waals surface area contributed by atoms with E-state index in [0.29, 0.717) is 18.0 Å². The zero-order chi connectivity index (χ0) is 19.8. The van der Waals surface area contributed by atoms with E-state index < -0.39 is 0 Å². The number of nitrogens with zero attached hydrogens (tertiary/aromatic N) is 5. The Morgan fingerprint density at radius 3 is 2.66 bits per heavy atom. The van der Waals surface area contributed by atoms with Crippen LogP contribution in [0.2, 0.25) is 0 Å². The van der Waals surface area contributed by atoms with Crippen LogP contribution in [0.5, 0.6) is 5.88 Å². The molecule has 0 spiro atoms. The Kier molecular flexibility index (Phi) is 4.48. The molecule has 5 rings (SSSR count). The fourth-order valence-corrected chi connectivity index (χ4v) is 4.47. The van der Waals surface area contributed by atoms with Gasteiger partial charge in [-0.1, -0.05) is 6.58 Å². The standard InChI is InChI=1S/C21H23N7O/c1-3-28(22-2)19-8-6-16(21-17(19)12-23-27-21)18-7-9-20(26-25-18)29-15-10-13-4-5-14(11-15)24-13/h3,6-9,12-15,24H,1-2,4-5,10-11H2,(H,23,27). The van der Waals surface area contributed by atoms with Crippen LogP contribution < -0.4 is 15.1 Å². The molecule has 148 valence electrons. The van der Waals surface area contributed by atoms with Gasteiger partial charge in [0.05, 0.1) is 23.1 Å². The number of aromatic amines is 1. The number of H-pyrrole nitrogens is 1. The number of hydrogen-bond acceptors (Lipinski definition) is 7. The van der Waals surface area contributed by atoms with Crippen molar-refractivity contribution in [2.24, 2.45) is 5.10 Å². The maximum atomic E-state index is 6.11. The molecule has 2 saturated heterocycles. The van der Waals surface area contributed by atoms with Crippen molar-refractivity contribution >= 4 is 23.3 Å². The van der Waals surface area contributed by atoms with Crippen LogP contribution in [0.3, 0.4) is 0 Å². The summed E-state index contributed by atoms with van der Waals surface area (Å²) >= 11 is 0. The summed E-state index contributed by atoms with van der Waals surface area (Å²) in [4.78, 5) is 0. The second-order valence-electron chi connectivity index (χ2n) is 7.57. The molecular formula is C21H23N7O. The van der Waals surface area contributed by atoms with Gasteiger partial charge < -0.3 is 10.1 Å². The number of nitrogens with one attached hydrogen (secondary N) is 2. The Morgan fingerprint density at radius 1 is 1.14 bits per heavy atom. The topological polar surface area (TPSA) is 91.3 Å². The molecule has 4 heterocycles. The number of benzene rings is 1. The molecule has 2 N–H and O–H groups in total. The molecule has 2 fully saturated rings. The molecule has 0 saturated carbocycles. The summed E-state index contributed by atoms with van der Waals surface area (Å²) < 4.78 is 6.11. The minimum Gasteiger partial charge on any atom is -0.473 e. The Hall–Kier alpha value is -3.26. The van der Waals surface area contributed by atoms with Gasteiger partial charge >= 0.3 is 0 Å². The summed E-state index contributed by atoms with van der Waals surface area (Å²) in [7, 11) is 0. The minimum absolute atomic E-state index is 0.212. The first-order valence-corrected chi connectivity index (χ1v) is 9.86. The lowest BCUT2D eigenvalue weighted by molar-refractivity contribution is 0.130. The van der Waals surface area contributed by atoms with E-state index >= 15 is 0 Å². The predicted molar refractivity (Wildman–Crippen MR) is 113 cm³/mol. The van der Waals surface area contributed by atoms with E-state index in [0.717, 1.165) is 40.7 Å². The van der Waals surface area contributed by atoms with Crippen LogP contribution in [0.25, 0.3) is 22.2 Å². The van der Waals surface area contributed by atoms with Crippen molar-refractivity contribution in [1.29, 1.82) is 0 Å². The third-order valence-corrected chi connectivity index (χ3v) is 5.80. The molecule has 8 nitrogen and oxygen atoms in total. The number of rotatable bonds is 6. The van der Waals surface area contributed by atoms with Crippen molar-refractivity contribution in [2.45, 2.75) is 43.9 Å². The Balaban J connectivity index is 1.39. The summed E-state index contributed by atoms with van der Waals surface area (Å²) in [6.45, 7) is 7.36. The molecule has 2 atom stereocenters. The lowest BCUT2D eigenvalue weighted by Gasteiger charge is -2.28. The molecule has 2 bridgehead atoms. The van der Waals surface area contributed by atoms with Gasteiger partial charge in [0.2, 0.25) is 5.88 Å². The van der Waals surface area contributed by atoms with Gasteiger partial charge in [0.15, 0.2) is 0 Å². The van der Waals surface area contributed by atoms with E-state index in [1.807, 2.05) is 24.3 Å². The molecule has 8 heteroatoms. The maximum Gasteiger partial charge on any atom is 0.233 e. The fraction of sp³-hybridized carbons (Fsp3) is 0.333. The van der Waals surface area contributed by atoms with Gasteiger partial charge in [-0.25, -0.2) is 5.01 Å². The van der Waals surface area contributed by atoms with E-state index in [2.05, 4.69) is 44.1 Å². The van der Waals surface area contributed by atoms with Crippen LogP contribution >= 0.6 is 0 Å². The summed E-state index contributed by atoms with van der Waals surface area (Å²) in [6.07, 6.45) is 8.13. The third kappa shape index (κ3) is 3.25. The van der Waals surface area contributed by atoms with Gasteiger partial charge in [-0.15, -0.1) is 10.2 Å². The molecule has 2 aliphatic heterocycles. The molecule has 2 aliphatic rings. The Labute approximate surface area is 168 Å². The minimum atomic E-state index is 0.212. The van der Waals surface area contributed by atoms with Crippen molar-refractivity contribution in [3.63, 3.8) is 0 Å². The van der Waals surface area contributed by atoms with Crippen molar-refractivity contribution in [2.75, 3.05) is 5.01 Å². The summed E-state index contributed by atoms with van der Waals surface area (Å²) in [5, 5.41) is 26.1. The van der Waals surface area contributed by atoms with Crippen LogP contribution in [0.1, 0.15) is 25.7 Å². The lowest BCUT2D eigenvalue weighted by atomic mass is 10.0. The van der Waals surface area contributed by atoms with Gasteiger partial charge in [0.25, 0.3) is 0 Å². The van der Waals surface area contributed by atoms with Crippen LogP contribution in [-0.2, 0) is 0 Å². The Morgan fingerprint density at radius 2 is 1.97 bits per heavy atom. The van der Waals surface area contributed by atoms with Crippen molar-refractivity contribution < 1.29 is 4.74 Å². The molecule has 0 radical (unpaired) electrons. The zero-order valence-electron chi connectivity index (χ0n) is 16.1. The number of ether oxygens (including phenoxy) is 1. The van der Waals surface area contributed by atoms with E-state index in [1.54, 1.807) is 17.4 Å². The maximum absolute atomic E-state index is 6.11. The second kappa shape index (κ2) is 7.29. The predicted octanol–water partition coefficient (Wildman–Crippen LogP) is 3.25. The normalized spacial score (nSPS) is 23.1. The molecular weight excluding hydrogens is 366 g/mol. The van der Waals surface area contributed by atoms with Crippen LogP contribution in [0, 0.1) is 0 Å². The number of hydrazone groups is 1. The number of anilines is 1. The highest BCUT2D eigenvalue weighted by molar-refractivity contribution is 6.00. The summed E-state index contributed by atoms with van der Waals surface area (Å²) in [6, 6.07) is 8.90. The SMILES string of the molecule is C=CN(N=C)c1ccc(-c2ccc(OC3CC4CCC(C3)N4)nn2)c2[nH]ncc12. The molecule has 3 aromatic rings. The van der Waals surface area contributed by atoms with Crippen molar-refractivity contribution in [3.8, 4) is 17.1 Å². The van der Waals surface area contributed by atoms with Gasteiger partial charge in [0.1, 0.15) is 6.10 Å². The first-order chi connectivity index (χ1) is 14.2. The molecule has 0 aliphatic carbocycles. The number of hydrogen-bond donors (Lipinski definition) is 2. The van der Waals surface area contributed by atoms with E-state index in [4.69, 9.17) is 4.74 Å². The largest absolute Gasteiger partial charge is 0.473 e. The number of fused-ring (bicyclic) bond motifs is 3. The third-order valence-electron chi connectivity index (χ3n) is 5.80. The average molecular weight is 389 g/mol. The first kappa shape index (κ1) is 17.8. The van der Waals surface area contributed by atoms with Gasteiger partial charge in [-0.3, -0.25) is 5.10 Å². The van der Waals surface area contributed by atoms with Crippen LogP contribution in [0.4, 0.5) is 5.69 Å². The molecule has 29 heavy (non-hydrogen) atoms. The van der Waals surface area contributed by atoms with E-state index in [9.17, 15) is 0 Å². The highest BCUT2D eigenvalue weighted by atomic mass is 16.5. The summed E-state index contributed by atoms with van der Waals surface area (Å²) in [5.74, 6) is 0.575. The summed E-state index contributed by atoms with van der Waals surface area (Å²) in [5.41, 5.74) is 3.36. The van der Waals surface area contributed by atoms with Gasteiger partial charge in [-0.05, 0) is 43.9 Å². The van der Waals surface area contributed by atoms with Crippen LogP contribution in [-0.4, -0.2) is 45.3 Å². The molecule has 2 unspecified atom stereocenters. The Bertz CT molecular complexity index is 1020. The highest BCUT2D eigenvalue weighted by Crippen LogP contribution is 2.34. The van der Waals surface area contributed by atoms with E-state index in [1.165, 1.54) is 12.8 Å². The molecule has 1 aromatic carbocycles.